The standard InChI is InChI=1S/C22H20N2O3S/c1-12-8-13-9-18(26-2)19(27-3)11-17(13)24-21(12)22(28)15-10-20(25)23-16-7-5-4-6-14(15)16/h4-11,22,28H,1-3H3,(H,23,25). The number of nitrogens with one attached hydrogen (secondary N) is 1. The molecule has 0 aliphatic heterocycles. The molecule has 6 heteroatoms. The number of aromatic nitrogens is 2. The lowest BCUT2D eigenvalue weighted by Gasteiger charge is -2.17. The van der Waals surface area contributed by atoms with Crippen molar-refractivity contribution in [1.82, 2.24) is 9.97 Å². The zero-order valence-corrected chi connectivity index (χ0v) is 16.7. The normalized spacial score (nSPS) is 12.3. The second-order valence-corrected chi connectivity index (χ2v) is 7.14. The lowest BCUT2D eigenvalue weighted by Crippen LogP contribution is -2.09. The van der Waals surface area contributed by atoms with E-state index in [0.29, 0.717) is 11.5 Å². The lowest BCUT2D eigenvalue weighted by molar-refractivity contribution is 0.356. The fourth-order valence-corrected chi connectivity index (χ4v) is 3.98. The van der Waals surface area contributed by atoms with Crippen LogP contribution in [0.4, 0.5) is 0 Å². The van der Waals surface area contributed by atoms with E-state index in [4.69, 9.17) is 27.1 Å². The molecule has 1 unspecified atom stereocenters. The number of fused-ring (bicyclic) bond motifs is 2. The van der Waals surface area contributed by atoms with Crippen molar-refractivity contribution in [2.75, 3.05) is 14.2 Å². The van der Waals surface area contributed by atoms with Gasteiger partial charge in [-0.1, -0.05) is 18.2 Å². The number of nitrogens with zero attached hydrogens (tertiary/aromatic N) is 1. The molecular weight excluding hydrogens is 372 g/mol. The van der Waals surface area contributed by atoms with E-state index >= 15 is 0 Å². The Morgan fingerprint density at radius 1 is 1.04 bits per heavy atom. The highest BCUT2D eigenvalue weighted by Gasteiger charge is 2.19. The summed E-state index contributed by atoms with van der Waals surface area (Å²) in [4.78, 5) is 19.9. The number of thiol groups is 1. The molecule has 2 heterocycles. The summed E-state index contributed by atoms with van der Waals surface area (Å²) >= 11 is 4.84. The largest absolute Gasteiger partial charge is 0.493 e. The van der Waals surface area contributed by atoms with Crippen molar-refractivity contribution < 1.29 is 9.47 Å². The second-order valence-electron chi connectivity index (χ2n) is 6.63. The Morgan fingerprint density at radius 3 is 2.50 bits per heavy atom. The highest BCUT2D eigenvalue weighted by Crippen LogP contribution is 2.36. The minimum absolute atomic E-state index is 0.155. The molecule has 0 bridgehead atoms. The molecule has 2 aromatic heterocycles. The van der Waals surface area contributed by atoms with Crippen LogP contribution in [0, 0.1) is 6.92 Å². The van der Waals surface area contributed by atoms with Gasteiger partial charge in [-0.25, -0.2) is 0 Å². The maximum atomic E-state index is 12.2. The third kappa shape index (κ3) is 3.10. The number of rotatable bonds is 4. The topological polar surface area (TPSA) is 64.2 Å². The van der Waals surface area contributed by atoms with Crippen molar-refractivity contribution in [3.05, 3.63) is 75.7 Å². The van der Waals surface area contributed by atoms with Crippen molar-refractivity contribution in [3.8, 4) is 11.5 Å². The molecule has 0 spiro atoms. The Morgan fingerprint density at radius 2 is 1.75 bits per heavy atom. The van der Waals surface area contributed by atoms with Crippen molar-refractivity contribution in [3.63, 3.8) is 0 Å². The zero-order chi connectivity index (χ0) is 19.8. The van der Waals surface area contributed by atoms with Gasteiger partial charge in [-0.15, -0.1) is 0 Å². The number of pyridine rings is 2. The quantitative estimate of drug-likeness (QED) is 0.505. The van der Waals surface area contributed by atoms with Gasteiger partial charge in [-0.3, -0.25) is 9.78 Å². The summed E-state index contributed by atoms with van der Waals surface area (Å²) in [5, 5.41) is 1.57. The number of hydrogen-bond donors (Lipinski definition) is 2. The first-order chi connectivity index (χ1) is 13.5. The van der Waals surface area contributed by atoms with E-state index in [1.54, 1.807) is 20.3 Å². The van der Waals surface area contributed by atoms with Crippen LogP contribution in [0.25, 0.3) is 21.8 Å². The number of aromatic amines is 1. The Kier molecular flexibility index (Phi) is 4.73. The minimum atomic E-state index is -0.343. The molecule has 142 valence electrons. The van der Waals surface area contributed by atoms with Crippen LogP contribution in [0.3, 0.4) is 0 Å². The van der Waals surface area contributed by atoms with Crippen LogP contribution in [0.1, 0.15) is 22.1 Å². The molecule has 0 amide bonds. The van der Waals surface area contributed by atoms with Gasteiger partial charge in [-0.05, 0) is 36.2 Å². The summed E-state index contributed by atoms with van der Waals surface area (Å²) in [6.07, 6.45) is 0. The molecular formula is C22H20N2O3S. The first kappa shape index (κ1) is 18.4. The Labute approximate surface area is 167 Å². The Hall–Kier alpha value is -2.99. The number of benzene rings is 2. The Bertz CT molecular complexity index is 1250. The Balaban J connectivity index is 1.91. The van der Waals surface area contributed by atoms with Gasteiger partial charge in [0, 0.05) is 28.4 Å². The van der Waals surface area contributed by atoms with E-state index in [0.717, 1.165) is 38.6 Å². The molecule has 0 aliphatic carbocycles. The molecule has 1 atom stereocenters. The molecule has 2 aromatic carbocycles. The molecule has 4 rings (SSSR count). The summed E-state index contributed by atoms with van der Waals surface area (Å²) in [6.45, 7) is 2.00. The smallest absolute Gasteiger partial charge is 0.248 e. The highest BCUT2D eigenvalue weighted by molar-refractivity contribution is 7.80. The third-order valence-electron chi connectivity index (χ3n) is 4.89. The summed E-state index contributed by atoms with van der Waals surface area (Å²) < 4.78 is 10.8. The van der Waals surface area contributed by atoms with E-state index < -0.39 is 0 Å². The van der Waals surface area contributed by atoms with Gasteiger partial charge in [-0.2, -0.15) is 12.6 Å². The van der Waals surface area contributed by atoms with Crippen LogP contribution < -0.4 is 15.0 Å². The number of H-pyrrole nitrogens is 1. The fourth-order valence-electron chi connectivity index (χ4n) is 3.50. The molecule has 0 fully saturated rings. The van der Waals surface area contributed by atoms with Crippen LogP contribution in [-0.4, -0.2) is 24.2 Å². The minimum Gasteiger partial charge on any atom is -0.493 e. The molecule has 28 heavy (non-hydrogen) atoms. The summed E-state index contributed by atoms with van der Waals surface area (Å²) in [6, 6.07) is 15.1. The van der Waals surface area contributed by atoms with Crippen LogP contribution >= 0.6 is 12.6 Å². The van der Waals surface area contributed by atoms with E-state index in [1.807, 2.05) is 43.3 Å². The van der Waals surface area contributed by atoms with Crippen molar-refractivity contribution >= 4 is 34.4 Å². The number of ether oxygens (including phenoxy) is 2. The summed E-state index contributed by atoms with van der Waals surface area (Å²) in [7, 11) is 3.21. The van der Waals surface area contributed by atoms with Crippen molar-refractivity contribution in [2.45, 2.75) is 12.2 Å². The number of aryl methyl sites for hydroxylation is 1. The van der Waals surface area contributed by atoms with E-state index in [-0.39, 0.29) is 10.8 Å². The summed E-state index contributed by atoms with van der Waals surface area (Å²) in [5.41, 5.74) is 4.04. The SMILES string of the molecule is COc1cc2cc(C)c(C(S)c3cc(=O)[nH]c4ccccc34)nc2cc1OC. The van der Waals surface area contributed by atoms with Crippen LogP contribution in [0.5, 0.6) is 11.5 Å². The van der Waals surface area contributed by atoms with Crippen LogP contribution in [-0.2, 0) is 0 Å². The fraction of sp³-hybridized carbons (Fsp3) is 0.182. The van der Waals surface area contributed by atoms with Gasteiger partial charge >= 0.3 is 0 Å². The molecule has 5 nitrogen and oxygen atoms in total. The predicted molar refractivity (Wildman–Crippen MR) is 115 cm³/mol. The van der Waals surface area contributed by atoms with Gasteiger partial charge in [0.05, 0.1) is 30.7 Å². The van der Waals surface area contributed by atoms with Gasteiger partial charge in [0.15, 0.2) is 11.5 Å². The van der Waals surface area contributed by atoms with Gasteiger partial charge in [0.25, 0.3) is 0 Å². The first-order valence-corrected chi connectivity index (χ1v) is 9.36. The van der Waals surface area contributed by atoms with Crippen LogP contribution in [0.2, 0.25) is 0 Å². The predicted octanol–water partition coefficient (Wildman–Crippen LogP) is 4.42. The van der Waals surface area contributed by atoms with Crippen molar-refractivity contribution in [2.24, 2.45) is 0 Å². The number of para-hydroxylation sites is 1. The average Bonchev–Trinajstić information content (AvgIpc) is 2.71. The van der Waals surface area contributed by atoms with Gasteiger partial charge in [0.2, 0.25) is 5.56 Å². The molecule has 0 saturated carbocycles. The van der Waals surface area contributed by atoms with E-state index in [9.17, 15) is 4.79 Å². The third-order valence-corrected chi connectivity index (χ3v) is 5.41. The maximum Gasteiger partial charge on any atom is 0.248 e. The number of methoxy groups -OCH3 is 2. The second kappa shape index (κ2) is 7.20. The zero-order valence-electron chi connectivity index (χ0n) is 15.8. The molecule has 0 radical (unpaired) electrons. The monoisotopic (exact) mass is 392 g/mol. The first-order valence-electron chi connectivity index (χ1n) is 8.85. The maximum absolute atomic E-state index is 12.2. The lowest BCUT2D eigenvalue weighted by atomic mass is 10.00. The summed E-state index contributed by atoms with van der Waals surface area (Å²) in [5.74, 6) is 1.28. The molecule has 4 aromatic rings. The van der Waals surface area contributed by atoms with E-state index in [2.05, 4.69) is 11.1 Å². The molecule has 0 saturated heterocycles. The van der Waals surface area contributed by atoms with Crippen molar-refractivity contribution in [1.29, 1.82) is 0 Å². The van der Waals surface area contributed by atoms with Gasteiger partial charge < -0.3 is 14.5 Å². The molecule has 1 N–H and O–H groups in total. The molecule has 0 aliphatic rings. The van der Waals surface area contributed by atoms with Gasteiger partial charge in [0.1, 0.15) is 0 Å². The number of hydrogen-bond acceptors (Lipinski definition) is 5. The average molecular weight is 392 g/mol. The highest BCUT2D eigenvalue weighted by atomic mass is 32.1. The van der Waals surface area contributed by atoms with Crippen LogP contribution in [0.15, 0.2) is 53.3 Å². The van der Waals surface area contributed by atoms with E-state index in [1.165, 1.54) is 0 Å².